The second kappa shape index (κ2) is 7.85. The number of aryl methyl sites for hydroxylation is 3. The fourth-order valence-corrected chi connectivity index (χ4v) is 8.86. The average Bonchev–Trinajstić information content (AvgIpc) is 2.72. The summed E-state index contributed by atoms with van der Waals surface area (Å²) >= 11 is 0. The molecule has 4 aromatic carbocycles. The molecule has 0 aliphatic carbocycles. The monoisotopic (exact) mass is 398 g/mol. The molecule has 4 aromatic rings. The second-order valence-corrected chi connectivity index (χ2v) is 11.7. The molecule has 0 unspecified atom stereocenters. The summed E-state index contributed by atoms with van der Waals surface area (Å²) < 4.78 is 0. The number of hydrogen-bond donors (Lipinski definition) is 1. The van der Waals surface area contributed by atoms with Crippen molar-refractivity contribution in [2.24, 2.45) is 0 Å². The molecule has 1 N–H and O–H groups in total. The van der Waals surface area contributed by atoms with E-state index in [2.05, 4.69) is 99.6 Å². The molecule has 0 saturated carbocycles. The van der Waals surface area contributed by atoms with Gasteiger partial charge in [0.25, 0.3) is 0 Å². The van der Waals surface area contributed by atoms with Crippen LogP contribution in [0, 0.1) is 20.8 Å². The van der Waals surface area contributed by atoms with E-state index >= 15 is 0 Å². The normalized spacial score (nSPS) is 12.0. The zero-order chi connectivity index (χ0) is 20.4. The van der Waals surface area contributed by atoms with Crippen molar-refractivity contribution >= 4 is 28.5 Å². The zero-order valence-corrected chi connectivity index (χ0v) is 18.2. The van der Waals surface area contributed by atoms with Crippen LogP contribution in [0.5, 0.6) is 5.75 Å². The molecule has 0 heterocycles. The molecular formula is C27H27OP. The Hall–Kier alpha value is -2.89. The standard InChI is InChI=1S/C27H27OP/c1-20-7-13-24(14-8-20)29(25-15-9-21(2)10-16-25,26-17-11-22(3)12-18-26)27-6-4-5-23(28)19-27/h4-19,28-29H,1-3H3. The summed E-state index contributed by atoms with van der Waals surface area (Å²) in [6, 6.07) is 34.6. The van der Waals surface area contributed by atoms with Crippen molar-refractivity contribution in [2.45, 2.75) is 20.8 Å². The summed E-state index contributed by atoms with van der Waals surface area (Å²) in [4.78, 5) is 0. The van der Waals surface area contributed by atoms with Gasteiger partial charge in [-0.15, -0.1) is 0 Å². The number of benzene rings is 4. The minimum atomic E-state index is -2.56. The number of rotatable bonds is 4. The summed E-state index contributed by atoms with van der Waals surface area (Å²) in [6.07, 6.45) is 0. The van der Waals surface area contributed by atoms with Crippen LogP contribution in [0.2, 0.25) is 0 Å². The average molecular weight is 398 g/mol. The molecule has 146 valence electrons. The Labute approximate surface area is 174 Å². The number of phenolic OH excluding ortho intramolecular Hbond substituents is 1. The first-order valence-corrected chi connectivity index (χ1v) is 12.0. The van der Waals surface area contributed by atoms with E-state index in [1.54, 1.807) is 6.07 Å². The molecule has 4 rings (SSSR count). The first-order chi connectivity index (χ1) is 14.0. The maximum absolute atomic E-state index is 10.4. The molecule has 0 saturated heterocycles. The second-order valence-electron chi connectivity index (χ2n) is 7.90. The predicted octanol–water partition coefficient (Wildman–Crippen LogP) is 4.67. The van der Waals surface area contributed by atoms with Crippen LogP contribution in [-0.4, -0.2) is 5.11 Å². The fraction of sp³-hybridized carbons (Fsp3) is 0.111. The summed E-state index contributed by atoms with van der Waals surface area (Å²) in [5.74, 6) is 0.311. The number of phenols is 1. The molecule has 1 nitrogen and oxygen atoms in total. The van der Waals surface area contributed by atoms with E-state index in [0.29, 0.717) is 5.75 Å². The van der Waals surface area contributed by atoms with E-state index in [9.17, 15) is 5.11 Å². The number of aromatic hydroxyl groups is 1. The Morgan fingerprint density at radius 3 is 1.21 bits per heavy atom. The Balaban J connectivity index is 2.13. The van der Waals surface area contributed by atoms with Gasteiger partial charge >= 0.3 is 174 Å². The number of hydrogen-bond acceptors (Lipinski definition) is 1. The molecule has 0 aliphatic rings. The van der Waals surface area contributed by atoms with Gasteiger partial charge in [-0.1, -0.05) is 0 Å². The molecule has 0 bridgehead atoms. The maximum atomic E-state index is 10.4. The van der Waals surface area contributed by atoms with Crippen molar-refractivity contribution in [1.82, 2.24) is 0 Å². The van der Waals surface area contributed by atoms with Crippen molar-refractivity contribution in [2.75, 3.05) is 0 Å². The quantitative estimate of drug-likeness (QED) is 0.496. The van der Waals surface area contributed by atoms with E-state index in [-0.39, 0.29) is 0 Å². The molecule has 29 heavy (non-hydrogen) atoms. The van der Waals surface area contributed by atoms with Gasteiger partial charge in [0.15, 0.2) is 0 Å². The van der Waals surface area contributed by atoms with Crippen LogP contribution in [0.25, 0.3) is 0 Å². The van der Waals surface area contributed by atoms with Crippen LogP contribution < -0.4 is 21.2 Å². The van der Waals surface area contributed by atoms with E-state index in [0.717, 1.165) is 0 Å². The van der Waals surface area contributed by atoms with Gasteiger partial charge in [-0.2, -0.15) is 0 Å². The van der Waals surface area contributed by atoms with Crippen molar-refractivity contribution < 1.29 is 5.11 Å². The summed E-state index contributed by atoms with van der Waals surface area (Å²) in [6.45, 7) is 6.37. The summed E-state index contributed by atoms with van der Waals surface area (Å²) in [7, 11) is -2.56. The van der Waals surface area contributed by atoms with Gasteiger partial charge in [0, 0.05) is 0 Å². The Morgan fingerprint density at radius 1 is 0.483 bits per heavy atom. The van der Waals surface area contributed by atoms with Crippen molar-refractivity contribution in [3.05, 3.63) is 114 Å². The van der Waals surface area contributed by atoms with E-state index in [1.165, 1.54) is 37.9 Å². The Morgan fingerprint density at radius 2 is 0.862 bits per heavy atom. The van der Waals surface area contributed by atoms with Crippen molar-refractivity contribution in [1.29, 1.82) is 0 Å². The van der Waals surface area contributed by atoms with Crippen LogP contribution in [0.3, 0.4) is 0 Å². The molecule has 0 fully saturated rings. The third-order valence-electron chi connectivity index (χ3n) is 5.73. The minimum absolute atomic E-state index is 0.311. The van der Waals surface area contributed by atoms with Crippen LogP contribution in [0.4, 0.5) is 0 Å². The SMILES string of the molecule is Cc1ccc([PH](c2ccc(C)cc2)(c2ccc(C)cc2)c2cccc(O)c2)cc1. The molecule has 0 amide bonds. The Bertz CT molecular complexity index is 1000. The van der Waals surface area contributed by atoms with E-state index in [4.69, 9.17) is 0 Å². The van der Waals surface area contributed by atoms with Gasteiger partial charge in [-0.3, -0.25) is 0 Å². The zero-order valence-electron chi connectivity index (χ0n) is 17.2. The Kier molecular flexibility index (Phi) is 5.26. The van der Waals surface area contributed by atoms with Gasteiger partial charge in [-0.25, -0.2) is 0 Å². The van der Waals surface area contributed by atoms with Crippen molar-refractivity contribution in [3.8, 4) is 5.75 Å². The summed E-state index contributed by atoms with van der Waals surface area (Å²) in [5.41, 5.74) is 3.75. The van der Waals surface area contributed by atoms with Crippen LogP contribution in [-0.2, 0) is 0 Å². The van der Waals surface area contributed by atoms with Crippen LogP contribution in [0.15, 0.2) is 97.1 Å². The third-order valence-corrected chi connectivity index (χ3v) is 10.5. The molecular weight excluding hydrogens is 371 g/mol. The molecule has 0 radical (unpaired) electrons. The van der Waals surface area contributed by atoms with Crippen molar-refractivity contribution in [3.63, 3.8) is 0 Å². The topological polar surface area (TPSA) is 20.2 Å². The van der Waals surface area contributed by atoms with E-state index in [1.807, 2.05) is 12.1 Å². The van der Waals surface area contributed by atoms with Crippen LogP contribution in [0.1, 0.15) is 16.7 Å². The fourth-order valence-electron chi connectivity index (χ4n) is 4.15. The first kappa shape index (κ1) is 19.4. The van der Waals surface area contributed by atoms with Gasteiger partial charge < -0.3 is 0 Å². The molecule has 0 aliphatic heterocycles. The van der Waals surface area contributed by atoms with Gasteiger partial charge in [0.2, 0.25) is 0 Å². The molecule has 2 heteroatoms. The summed E-state index contributed by atoms with van der Waals surface area (Å²) in [5, 5.41) is 15.5. The third kappa shape index (κ3) is 3.59. The molecule has 0 spiro atoms. The first-order valence-electron chi connectivity index (χ1n) is 10.0. The van der Waals surface area contributed by atoms with E-state index < -0.39 is 7.26 Å². The molecule has 0 aromatic heterocycles. The van der Waals surface area contributed by atoms with Gasteiger partial charge in [0.05, 0.1) is 0 Å². The van der Waals surface area contributed by atoms with Gasteiger partial charge in [0.1, 0.15) is 0 Å². The van der Waals surface area contributed by atoms with Gasteiger partial charge in [-0.05, 0) is 0 Å². The predicted molar refractivity (Wildman–Crippen MR) is 128 cm³/mol. The van der Waals surface area contributed by atoms with Crippen LogP contribution >= 0.6 is 7.26 Å². The molecule has 0 atom stereocenters.